The van der Waals surface area contributed by atoms with Crippen molar-refractivity contribution >= 4 is 41.5 Å². The average Bonchev–Trinajstić information content (AvgIpc) is 2.89. The van der Waals surface area contributed by atoms with Gasteiger partial charge < -0.3 is 15.4 Å². The van der Waals surface area contributed by atoms with Crippen LogP contribution in [0.4, 0.5) is 0 Å². The van der Waals surface area contributed by atoms with Crippen molar-refractivity contribution in [3.8, 4) is 0 Å². The zero-order chi connectivity index (χ0) is 18.4. The molecule has 1 aliphatic rings. The van der Waals surface area contributed by atoms with E-state index >= 15 is 0 Å². The van der Waals surface area contributed by atoms with Crippen molar-refractivity contribution < 1.29 is 9.53 Å². The lowest BCUT2D eigenvalue weighted by Crippen LogP contribution is -2.37. The van der Waals surface area contributed by atoms with E-state index in [4.69, 9.17) is 27.9 Å². The summed E-state index contributed by atoms with van der Waals surface area (Å²) in [6.45, 7) is 2.69. The van der Waals surface area contributed by atoms with E-state index in [2.05, 4.69) is 10.6 Å². The fourth-order valence-electron chi connectivity index (χ4n) is 3.11. The van der Waals surface area contributed by atoms with Crippen LogP contribution in [0.3, 0.4) is 0 Å². The summed E-state index contributed by atoms with van der Waals surface area (Å²) < 4.78 is 6.03. The van der Waals surface area contributed by atoms with Crippen LogP contribution in [-0.4, -0.2) is 32.1 Å². The normalized spacial score (nSPS) is 19.6. The average molecular weight is 430 g/mol. The number of hydrogen-bond acceptors (Lipinski definition) is 3. The molecule has 2 N–H and O–H groups in total. The van der Waals surface area contributed by atoms with Gasteiger partial charge in [-0.25, -0.2) is 0 Å². The standard InChI is InChI=1S/C20H22Cl2N2O2.ClH/c21-17-7-6-15(11-18(17)22)20-16(12-23-8-9-26-20)13-24-19(25)10-14-4-2-1-3-5-14;/h1-7,11,16,20,23H,8-10,12-13H2,(H,24,25);1H/t16-,20-;/m0./s1. The molecule has 0 saturated carbocycles. The molecule has 2 aromatic rings. The maximum absolute atomic E-state index is 12.3. The smallest absolute Gasteiger partial charge is 0.224 e. The van der Waals surface area contributed by atoms with Gasteiger partial charge in [0.25, 0.3) is 0 Å². The first-order valence-electron chi connectivity index (χ1n) is 8.71. The quantitative estimate of drug-likeness (QED) is 0.754. The molecule has 1 heterocycles. The first kappa shape index (κ1) is 22.0. The second kappa shape index (κ2) is 10.9. The van der Waals surface area contributed by atoms with Gasteiger partial charge >= 0.3 is 0 Å². The molecule has 4 nitrogen and oxygen atoms in total. The van der Waals surface area contributed by atoms with Gasteiger partial charge in [0, 0.05) is 25.6 Å². The number of amides is 1. The SMILES string of the molecule is Cl.O=C(Cc1ccccc1)NC[C@@H]1CNCCO[C@H]1c1ccc(Cl)c(Cl)c1. The summed E-state index contributed by atoms with van der Waals surface area (Å²) >= 11 is 12.2. The molecule has 1 fully saturated rings. The molecule has 27 heavy (non-hydrogen) atoms. The monoisotopic (exact) mass is 428 g/mol. The Morgan fingerprint density at radius 3 is 2.67 bits per heavy atom. The van der Waals surface area contributed by atoms with Crippen LogP contribution in [0.5, 0.6) is 0 Å². The summed E-state index contributed by atoms with van der Waals surface area (Å²) in [6.07, 6.45) is 0.232. The van der Waals surface area contributed by atoms with Gasteiger partial charge in [-0.05, 0) is 23.3 Å². The Balaban J connectivity index is 0.00000261. The molecule has 1 amide bonds. The number of hydrogen-bond donors (Lipinski definition) is 2. The molecule has 0 spiro atoms. The van der Waals surface area contributed by atoms with Crippen LogP contribution in [0.1, 0.15) is 17.2 Å². The van der Waals surface area contributed by atoms with Crippen LogP contribution >= 0.6 is 35.6 Å². The highest BCUT2D eigenvalue weighted by Gasteiger charge is 2.27. The number of halogens is 3. The maximum Gasteiger partial charge on any atom is 0.224 e. The van der Waals surface area contributed by atoms with Crippen LogP contribution in [0, 0.1) is 5.92 Å². The number of carbonyl (C=O) groups excluding carboxylic acids is 1. The summed E-state index contributed by atoms with van der Waals surface area (Å²) in [7, 11) is 0. The fourth-order valence-corrected chi connectivity index (χ4v) is 3.42. The van der Waals surface area contributed by atoms with E-state index in [-0.39, 0.29) is 30.3 Å². The maximum atomic E-state index is 12.3. The van der Waals surface area contributed by atoms with E-state index in [1.165, 1.54) is 0 Å². The van der Waals surface area contributed by atoms with Crippen LogP contribution in [0.25, 0.3) is 0 Å². The zero-order valence-electron chi connectivity index (χ0n) is 14.8. The molecule has 2 aromatic carbocycles. The lowest BCUT2D eigenvalue weighted by Gasteiger charge is -2.25. The van der Waals surface area contributed by atoms with E-state index in [0.717, 1.165) is 24.2 Å². The molecule has 0 aromatic heterocycles. The number of rotatable bonds is 5. The lowest BCUT2D eigenvalue weighted by atomic mass is 9.95. The van der Waals surface area contributed by atoms with Gasteiger partial charge in [-0.1, -0.05) is 59.6 Å². The van der Waals surface area contributed by atoms with Crippen molar-refractivity contribution in [2.45, 2.75) is 12.5 Å². The van der Waals surface area contributed by atoms with E-state index in [0.29, 0.717) is 29.6 Å². The Morgan fingerprint density at radius 2 is 1.93 bits per heavy atom. The van der Waals surface area contributed by atoms with Crippen LogP contribution in [0.15, 0.2) is 48.5 Å². The van der Waals surface area contributed by atoms with Crippen molar-refractivity contribution in [1.29, 1.82) is 0 Å². The van der Waals surface area contributed by atoms with Crippen molar-refractivity contribution in [3.05, 3.63) is 69.7 Å². The van der Waals surface area contributed by atoms with Gasteiger partial charge in [-0.2, -0.15) is 0 Å². The van der Waals surface area contributed by atoms with Crippen LogP contribution in [0.2, 0.25) is 10.0 Å². The van der Waals surface area contributed by atoms with E-state index in [1.54, 1.807) is 6.07 Å². The first-order chi connectivity index (χ1) is 12.6. The van der Waals surface area contributed by atoms with E-state index < -0.39 is 0 Å². The third kappa shape index (κ3) is 6.37. The van der Waals surface area contributed by atoms with E-state index in [1.807, 2.05) is 42.5 Å². The van der Waals surface area contributed by atoms with Gasteiger partial charge in [0.1, 0.15) is 0 Å². The van der Waals surface area contributed by atoms with Crippen molar-refractivity contribution in [2.24, 2.45) is 5.92 Å². The van der Waals surface area contributed by atoms with E-state index in [9.17, 15) is 4.79 Å². The second-order valence-corrected chi connectivity index (χ2v) is 7.21. The summed E-state index contributed by atoms with van der Waals surface area (Å²) in [4.78, 5) is 12.3. The summed E-state index contributed by atoms with van der Waals surface area (Å²) in [5.74, 6) is 0.114. The van der Waals surface area contributed by atoms with Gasteiger partial charge in [0.05, 0.1) is 29.2 Å². The highest BCUT2D eigenvalue weighted by molar-refractivity contribution is 6.42. The molecule has 2 atom stereocenters. The third-order valence-corrected chi connectivity index (χ3v) is 5.19. The minimum Gasteiger partial charge on any atom is -0.372 e. The molecular formula is C20H23Cl3N2O2. The predicted octanol–water partition coefficient (Wildman–Crippen LogP) is 4.05. The Hall–Kier alpha value is -1.30. The van der Waals surface area contributed by atoms with Gasteiger partial charge in [-0.15, -0.1) is 12.4 Å². The highest BCUT2D eigenvalue weighted by atomic mass is 35.5. The topological polar surface area (TPSA) is 50.4 Å². The molecule has 3 rings (SSSR count). The number of carbonyl (C=O) groups is 1. The van der Waals surface area contributed by atoms with Gasteiger partial charge in [-0.3, -0.25) is 4.79 Å². The van der Waals surface area contributed by atoms with Crippen molar-refractivity contribution in [3.63, 3.8) is 0 Å². The number of ether oxygens (including phenoxy) is 1. The highest BCUT2D eigenvalue weighted by Crippen LogP contribution is 2.31. The van der Waals surface area contributed by atoms with Crippen LogP contribution in [-0.2, 0) is 16.0 Å². The Kier molecular flexibility index (Phi) is 8.87. The minimum absolute atomic E-state index is 0. The minimum atomic E-state index is -0.142. The zero-order valence-corrected chi connectivity index (χ0v) is 17.1. The fraction of sp³-hybridized carbons (Fsp3) is 0.350. The first-order valence-corrected chi connectivity index (χ1v) is 9.47. The summed E-state index contributed by atoms with van der Waals surface area (Å²) in [5, 5.41) is 7.43. The Bertz CT molecular complexity index is 743. The molecule has 0 unspecified atom stereocenters. The third-order valence-electron chi connectivity index (χ3n) is 4.45. The Morgan fingerprint density at radius 1 is 1.15 bits per heavy atom. The number of nitrogens with one attached hydrogen (secondary N) is 2. The van der Waals surface area contributed by atoms with Gasteiger partial charge in [0.15, 0.2) is 0 Å². The second-order valence-electron chi connectivity index (χ2n) is 6.40. The molecule has 1 aliphatic heterocycles. The Labute approximate surface area is 176 Å². The molecule has 0 bridgehead atoms. The van der Waals surface area contributed by atoms with Crippen molar-refractivity contribution in [1.82, 2.24) is 10.6 Å². The van der Waals surface area contributed by atoms with Crippen LogP contribution < -0.4 is 10.6 Å². The molecule has 0 aliphatic carbocycles. The summed E-state index contributed by atoms with van der Waals surface area (Å²) in [5.41, 5.74) is 1.98. The number of benzene rings is 2. The summed E-state index contributed by atoms with van der Waals surface area (Å²) in [6, 6.07) is 15.3. The lowest BCUT2D eigenvalue weighted by molar-refractivity contribution is -0.120. The predicted molar refractivity (Wildman–Crippen MR) is 112 cm³/mol. The molecule has 0 radical (unpaired) electrons. The van der Waals surface area contributed by atoms with Gasteiger partial charge in [0.2, 0.25) is 5.91 Å². The molecule has 7 heteroatoms. The molecule has 1 saturated heterocycles. The van der Waals surface area contributed by atoms with Crippen molar-refractivity contribution in [2.75, 3.05) is 26.2 Å². The largest absolute Gasteiger partial charge is 0.372 e. The molecular weight excluding hydrogens is 407 g/mol. The molecule has 146 valence electrons.